The Balaban J connectivity index is 0.975. The molecule has 0 saturated heterocycles. The van der Waals surface area contributed by atoms with E-state index in [2.05, 4.69) is 185 Å². The highest BCUT2D eigenvalue weighted by Gasteiger charge is 2.54. The molecule has 0 unspecified atom stereocenters. The van der Waals surface area contributed by atoms with Crippen molar-refractivity contribution in [3.63, 3.8) is 0 Å². The molecule has 0 radical (unpaired) electrons. The summed E-state index contributed by atoms with van der Waals surface area (Å²) >= 11 is 0. The van der Waals surface area contributed by atoms with E-state index in [9.17, 15) is 0 Å². The van der Waals surface area contributed by atoms with Gasteiger partial charge in [-0.25, -0.2) is 0 Å². The van der Waals surface area contributed by atoms with Gasteiger partial charge in [-0.05, 0) is 239 Å². The Kier molecular flexibility index (Phi) is 8.20. The van der Waals surface area contributed by atoms with Crippen LogP contribution in [-0.4, -0.2) is 11.4 Å². The number of benzene rings is 8. The van der Waals surface area contributed by atoms with E-state index in [1.165, 1.54) is 171 Å². The van der Waals surface area contributed by atoms with Crippen LogP contribution in [-0.2, 0) is 10.8 Å². The van der Waals surface area contributed by atoms with Crippen molar-refractivity contribution >= 4 is 51.0 Å². The molecule has 3 heteroatoms. The lowest BCUT2D eigenvalue weighted by atomic mass is 9.42. The quantitative estimate of drug-likeness (QED) is 0.151. The lowest BCUT2D eigenvalue weighted by molar-refractivity contribution is -0.00526. The van der Waals surface area contributed by atoms with Gasteiger partial charge >= 0.3 is 6.85 Å². The molecule has 0 N–H and O–H groups in total. The van der Waals surface area contributed by atoms with E-state index in [1.54, 1.807) is 11.1 Å². The minimum absolute atomic E-state index is 0.0155. The Morgan fingerprint density at radius 1 is 0.380 bits per heavy atom. The Bertz CT molecular complexity index is 3590. The molecule has 9 aromatic rings. The molecule has 8 saturated carbocycles. The maximum absolute atomic E-state index is 2.81. The van der Waals surface area contributed by atoms with E-state index in [-0.39, 0.29) is 12.3 Å². The molecule has 2 aliphatic heterocycles. The highest BCUT2D eigenvalue weighted by atomic mass is 15.1. The van der Waals surface area contributed by atoms with Crippen molar-refractivity contribution in [3.05, 3.63) is 187 Å². The molecule has 0 spiro atoms. The van der Waals surface area contributed by atoms with Gasteiger partial charge in [0.1, 0.15) is 0 Å². The molecule has 3 heterocycles. The number of hydrogen-bond acceptors (Lipinski definition) is 1. The maximum Gasteiger partial charge on any atom is 0.333 e. The molecule has 8 aromatic carbocycles. The summed E-state index contributed by atoms with van der Waals surface area (Å²) in [4.78, 5) is 2.77. The first-order valence-electron chi connectivity index (χ1n) is 27.5. The largest absolute Gasteiger partial charge is 0.376 e. The standard InChI is InChI=1S/C68H59BN2/c1-4-10-48(11-5-1)51-16-20-56(21-17-51)71-63-22-18-52(49-12-6-2-7-13-49)30-57(63)59-31-53(50-14-8-3-9-15-50)32-64-65(59)69(71)61-35-55(68-39-45-27-46(40-68)29-47(28-45)41-68)34-60-58-33-54(19-23-62(58)70(64)66(60)61)67-36-42-24-43(37-67)26-44(25-42)38-67/h1-23,30-35,42-47H,24-29,36-41H2. The number of aromatic nitrogens is 1. The molecule has 8 aliphatic carbocycles. The van der Waals surface area contributed by atoms with Gasteiger partial charge in [-0.2, -0.15) is 0 Å². The van der Waals surface area contributed by atoms with Gasteiger partial charge in [0.2, 0.25) is 0 Å². The fourth-order valence-corrected chi connectivity index (χ4v) is 18.4. The van der Waals surface area contributed by atoms with Crippen molar-refractivity contribution in [2.24, 2.45) is 35.5 Å². The van der Waals surface area contributed by atoms with Crippen LogP contribution < -0.4 is 15.7 Å². The van der Waals surface area contributed by atoms with Crippen molar-refractivity contribution in [2.45, 2.75) is 87.9 Å². The highest BCUT2D eigenvalue weighted by Crippen LogP contribution is 2.63. The topological polar surface area (TPSA) is 8.17 Å². The van der Waals surface area contributed by atoms with Crippen LogP contribution in [0.5, 0.6) is 0 Å². The van der Waals surface area contributed by atoms with E-state index < -0.39 is 0 Å². The lowest BCUT2D eigenvalue weighted by Crippen LogP contribution is -2.61. The van der Waals surface area contributed by atoms with Gasteiger partial charge in [0.15, 0.2) is 0 Å². The second-order valence-electron chi connectivity index (χ2n) is 24.5. The molecule has 71 heavy (non-hydrogen) atoms. The van der Waals surface area contributed by atoms with Crippen molar-refractivity contribution < 1.29 is 0 Å². The number of fused-ring (bicyclic) bond motifs is 7. The van der Waals surface area contributed by atoms with Crippen molar-refractivity contribution in [3.8, 4) is 50.2 Å². The number of nitrogens with zero attached hydrogens (tertiary/aromatic N) is 2. The fourth-order valence-electron chi connectivity index (χ4n) is 18.4. The van der Waals surface area contributed by atoms with Crippen LogP contribution in [0.25, 0.3) is 72.0 Å². The van der Waals surface area contributed by atoms with Gasteiger partial charge < -0.3 is 9.38 Å². The summed E-state index contributed by atoms with van der Waals surface area (Å²) in [5, 5.41) is 2.98. The average Bonchev–Trinajstić information content (AvgIpc) is 3.74. The molecule has 1 aromatic heterocycles. The first-order chi connectivity index (χ1) is 35.0. The SMILES string of the molecule is c1ccc(-c2ccc(N3B4c5c(cc(-c6ccccc6)cc5-n5c6ccc(C78CC9CC(CC(C9)C7)C8)cc6c6cc(C78CC9CC(CC(C9)C7)C8)cc4c65)-c4cc(-c5ccccc5)ccc43)cc2)cc1. The van der Waals surface area contributed by atoms with Crippen LogP contribution in [0.2, 0.25) is 0 Å². The van der Waals surface area contributed by atoms with E-state index in [0.29, 0.717) is 5.41 Å². The van der Waals surface area contributed by atoms with Crippen LogP contribution in [0.3, 0.4) is 0 Å². The van der Waals surface area contributed by atoms with Gasteiger partial charge in [0, 0.05) is 33.4 Å². The minimum Gasteiger partial charge on any atom is -0.376 e. The minimum atomic E-state index is -0.0155. The van der Waals surface area contributed by atoms with E-state index in [0.717, 1.165) is 35.5 Å². The van der Waals surface area contributed by atoms with E-state index in [4.69, 9.17) is 0 Å². The summed E-state index contributed by atoms with van der Waals surface area (Å²) in [6.07, 6.45) is 17.1. The molecule has 344 valence electrons. The van der Waals surface area contributed by atoms with Gasteiger partial charge in [0.05, 0.1) is 11.0 Å². The smallest absolute Gasteiger partial charge is 0.333 e. The third-order valence-corrected chi connectivity index (χ3v) is 20.4. The molecule has 0 amide bonds. The molecule has 8 fully saturated rings. The van der Waals surface area contributed by atoms with Crippen molar-refractivity contribution in [1.82, 2.24) is 4.57 Å². The monoisotopic (exact) mass is 914 g/mol. The molecular weight excluding hydrogens is 856 g/mol. The highest BCUT2D eigenvalue weighted by molar-refractivity contribution is 6.93. The molecule has 19 rings (SSSR count). The molecule has 8 bridgehead atoms. The average molecular weight is 915 g/mol. The second kappa shape index (κ2) is 14.5. The number of anilines is 2. The molecule has 10 aliphatic rings. The van der Waals surface area contributed by atoms with Crippen LogP contribution in [0.4, 0.5) is 11.4 Å². The second-order valence-corrected chi connectivity index (χ2v) is 24.5. The lowest BCUT2D eigenvalue weighted by Gasteiger charge is -2.57. The van der Waals surface area contributed by atoms with Gasteiger partial charge in [-0.3, -0.25) is 0 Å². The normalized spacial score (nSPS) is 27.9. The predicted molar refractivity (Wildman–Crippen MR) is 296 cm³/mol. The molecule has 0 atom stereocenters. The summed E-state index contributed by atoms with van der Waals surface area (Å²) in [5.41, 5.74) is 23.7. The summed E-state index contributed by atoms with van der Waals surface area (Å²) in [6.45, 7) is -0.0155. The third-order valence-electron chi connectivity index (χ3n) is 20.4. The summed E-state index contributed by atoms with van der Waals surface area (Å²) in [7, 11) is 0. The zero-order valence-corrected chi connectivity index (χ0v) is 40.7. The third kappa shape index (κ3) is 5.78. The predicted octanol–water partition coefficient (Wildman–Crippen LogP) is 16.0. The summed E-state index contributed by atoms with van der Waals surface area (Å²) in [5.74, 6) is 5.37. The number of hydrogen-bond donors (Lipinski definition) is 0. The van der Waals surface area contributed by atoms with Gasteiger partial charge in [-0.1, -0.05) is 121 Å². The number of rotatable bonds is 6. The van der Waals surface area contributed by atoms with Crippen LogP contribution in [0.15, 0.2) is 176 Å². The molecule has 2 nitrogen and oxygen atoms in total. The Morgan fingerprint density at radius 2 is 0.873 bits per heavy atom. The van der Waals surface area contributed by atoms with Gasteiger partial charge in [-0.15, -0.1) is 0 Å². The van der Waals surface area contributed by atoms with E-state index >= 15 is 0 Å². The maximum atomic E-state index is 2.81. The summed E-state index contributed by atoms with van der Waals surface area (Å²) in [6, 6.07) is 68.8. The van der Waals surface area contributed by atoms with Crippen LogP contribution >= 0.6 is 0 Å². The zero-order valence-electron chi connectivity index (χ0n) is 40.7. The Labute approximate surface area is 418 Å². The zero-order chi connectivity index (χ0) is 46.2. The van der Waals surface area contributed by atoms with Crippen molar-refractivity contribution in [1.29, 1.82) is 0 Å². The van der Waals surface area contributed by atoms with Gasteiger partial charge in [0.25, 0.3) is 0 Å². The van der Waals surface area contributed by atoms with Crippen LogP contribution in [0, 0.1) is 35.5 Å². The first-order valence-corrected chi connectivity index (χ1v) is 27.5. The Hall–Kier alpha value is -6.58. The first kappa shape index (κ1) is 40.1. The Morgan fingerprint density at radius 3 is 1.46 bits per heavy atom. The van der Waals surface area contributed by atoms with Crippen molar-refractivity contribution in [2.75, 3.05) is 4.81 Å². The summed E-state index contributed by atoms with van der Waals surface area (Å²) < 4.78 is 2.78. The molecular formula is C68H59BN2. The van der Waals surface area contributed by atoms with E-state index in [1.807, 2.05) is 0 Å². The fraction of sp³-hybridized carbons (Fsp3) is 0.294. The van der Waals surface area contributed by atoms with Crippen LogP contribution in [0.1, 0.15) is 88.2 Å².